The van der Waals surface area contributed by atoms with Crippen LogP contribution in [-0.4, -0.2) is 48.0 Å². The zero-order valence-electron chi connectivity index (χ0n) is 15.6. The lowest BCUT2D eigenvalue weighted by Crippen LogP contribution is -2.52. The summed E-state index contributed by atoms with van der Waals surface area (Å²) >= 11 is 9.53. The molecule has 5 rings (SSSR count). The minimum absolute atomic E-state index is 0.356. The van der Waals surface area contributed by atoms with Gasteiger partial charge in [0.25, 0.3) is 0 Å². The smallest absolute Gasteiger partial charge is 0.244 e. The van der Waals surface area contributed by atoms with Gasteiger partial charge in [-0.1, -0.05) is 41.1 Å². The van der Waals surface area contributed by atoms with Crippen LogP contribution in [0.25, 0.3) is 10.2 Å². The predicted molar refractivity (Wildman–Crippen MR) is 122 cm³/mol. The number of nitrogens with zero attached hydrogens (tertiary/aromatic N) is 3. The second-order valence-electron chi connectivity index (χ2n) is 7.28. The molecule has 9 heteroatoms. The van der Waals surface area contributed by atoms with E-state index < -0.39 is 10.0 Å². The standard InChI is InChI=1S/C20H20ClN3O2S3/c21-15-6-7-17-18(14-15)28-19(22-17)23-10-8-20(9-11-23)24(12-13-27-20)29(25,26)16-4-2-1-3-5-16/h1-7,14H,8-13H2. The van der Waals surface area contributed by atoms with Gasteiger partial charge in [-0.05, 0) is 43.2 Å². The number of piperidine rings is 1. The number of anilines is 1. The van der Waals surface area contributed by atoms with Gasteiger partial charge >= 0.3 is 0 Å². The van der Waals surface area contributed by atoms with E-state index in [1.165, 1.54) is 0 Å². The van der Waals surface area contributed by atoms with E-state index in [2.05, 4.69) is 4.90 Å². The summed E-state index contributed by atoms with van der Waals surface area (Å²) in [7, 11) is -3.49. The molecule has 29 heavy (non-hydrogen) atoms. The maximum Gasteiger partial charge on any atom is 0.244 e. The monoisotopic (exact) mass is 465 g/mol. The van der Waals surface area contributed by atoms with Gasteiger partial charge < -0.3 is 4.90 Å². The number of rotatable bonds is 3. The molecule has 2 saturated heterocycles. The van der Waals surface area contributed by atoms with Crippen molar-refractivity contribution in [1.29, 1.82) is 0 Å². The molecule has 3 heterocycles. The van der Waals surface area contributed by atoms with Gasteiger partial charge in [0.15, 0.2) is 5.13 Å². The third-order valence-corrected chi connectivity index (χ3v) is 10.6. The van der Waals surface area contributed by atoms with Crippen LogP contribution in [0.1, 0.15) is 12.8 Å². The van der Waals surface area contributed by atoms with Gasteiger partial charge in [0.1, 0.15) is 0 Å². The first-order valence-corrected chi connectivity index (χ1v) is 13.1. The van der Waals surface area contributed by atoms with E-state index in [-0.39, 0.29) is 4.87 Å². The van der Waals surface area contributed by atoms with Gasteiger partial charge in [-0.25, -0.2) is 13.4 Å². The Morgan fingerprint density at radius 3 is 2.55 bits per heavy atom. The van der Waals surface area contributed by atoms with Crippen LogP contribution in [0.2, 0.25) is 5.02 Å². The summed E-state index contributed by atoms with van der Waals surface area (Å²) in [6.07, 6.45) is 1.58. The Kier molecular flexibility index (Phi) is 5.03. The number of aromatic nitrogens is 1. The first kappa shape index (κ1) is 19.6. The molecular weight excluding hydrogens is 446 g/mol. The van der Waals surface area contributed by atoms with E-state index in [0.717, 1.165) is 52.1 Å². The fourth-order valence-electron chi connectivity index (χ4n) is 4.12. The molecule has 0 bridgehead atoms. The van der Waals surface area contributed by atoms with Gasteiger partial charge in [0.05, 0.1) is 20.0 Å². The van der Waals surface area contributed by atoms with Gasteiger partial charge in [0.2, 0.25) is 10.0 Å². The SMILES string of the molecule is O=S(=O)(c1ccccc1)N1CCSC12CCN(c1nc3ccc(Cl)cc3s1)CC2. The molecule has 3 aromatic rings. The van der Waals surface area contributed by atoms with Gasteiger partial charge in [-0.3, -0.25) is 0 Å². The Bertz CT molecular complexity index is 1140. The van der Waals surface area contributed by atoms with E-state index in [0.29, 0.717) is 11.4 Å². The van der Waals surface area contributed by atoms with E-state index in [4.69, 9.17) is 16.6 Å². The van der Waals surface area contributed by atoms with Gasteiger partial charge in [0, 0.05) is 30.4 Å². The van der Waals surface area contributed by atoms with Crippen LogP contribution in [0.4, 0.5) is 5.13 Å². The second kappa shape index (κ2) is 7.42. The number of thioether (sulfide) groups is 1. The van der Waals surface area contributed by atoms with Crippen molar-refractivity contribution in [3.8, 4) is 0 Å². The number of halogens is 1. The highest BCUT2D eigenvalue weighted by Crippen LogP contribution is 2.47. The van der Waals surface area contributed by atoms with E-state index in [1.54, 1.807) is 51.7 Å². The van der Waals surface area contributed by atoms with Crippen molar-refractivity contribution in [3.63, 3.8) is 0 Å². The topological polar surface area (TPSA) is 53.5 Å². The normalized spacial score (nSPS) is 20.0. The van der Waals surface area contributed by atoms with Crippen LogP contribution in [0.3, 0.4) is 0 Å². The Morgan fingerprint density at radius 1 is 1.03 bits per heavy atom. The van der Waals surface area contributed by atoms with Crippen LogP contribution >= 0.6 is 34.7 Å². The molecule has 0 N–H and O–H groups in total. The average Bonchev–Trinajstić information content (AvgIpc) is 3.34. The summed E-state index contributed by atoms with van der Waals surface area (Å²) in [5.74, 6) is 0.839. The molecule has 2 aliphatic heterocycles. The molecule has 2 fully saturated rings. The maximum absolute atomic E-state index is 13.3. The molecule has 2 aliphatic rings. The van der Waals surface area contributed by atoms with Crippen molar-refractivity contribution in [1.82, 2.24) is 9.29 Å². The number of benzene rings is 2. The number of fused-ring (bicyclic) bond motifs is 1. The Balaban J connectivity index is 1.38. The fraction of sp³-hybridized carbons (Fsp3) is 0.350. The zero-order chi connectivity index (χ0) is 20.1. The van der Waals surface area contributed by atoms with Crippen molar-refractivity contribution in [3.05, 3.63) is 53.6 Å². The summed E-state index contributed by atoms with van der Waals surface area (Å²) in [6, 6.07) is 14.5. The van der Waals surface area contributed by atoms with Crippen LogP contribution in [-0.2, 0) is 10.0 Å². The van der Waals surface area contributed by atoms with Crippen molar-refractivity contribution < 1.29 is 8.42 Å². The van der Waals surface area contributed by atoms with Crippen LogP contribution < -0.4 is 4.90 Å². The highest BCUT2D eigenvalue weighted by atomic mass is 35.5. The van der Waals surface area contributed by atoms with Crippen molar-refractivity contribution >= 4 is 60.1 Å². The number of hydrogen-bond acceptors (Lipinski definition) is 6. The predicted octanol–water partition coefficient (Wildman–Crippen LogP) is 4.68. The maximum atomic E-state index is 13.3. The Hall–Kier alpha value is -1.32. The highest BCUT2D eigenvalue weighted by Gasteiger charge is 2.50. The number of hydrogen-bond donors (Lipinski definition) is 0. The summed E-state index contributed by atoms with van der Waals surface area (Å²) < 4.78 is 29.4. The summed E-state index contributed by atoms with van der Waals surface area (Å²) in [5, 5.41) is 1.70. The molecule has 0 unspecified atom stereocenters. The van der Waals surface area contributed by atoms with Crippen LogP contribution in [0.5, 0.6) is 0 Å². The number of thiazole rings is 1. The molecule has 5 nitrogen and oxygen atoms in total. The number of sulfonamides is 1. The lowest BCUT2D eigenvalue weighted by molar-refractivity contribution is 0.266. The molecule has 2 aromatic carbocycles. The molecule has 0 saturated carbocycles. The molecule has 1 aromatic heterocycles. The quantitative estimate of drug-likeness (QED) is 0.562. The Morgan fingerprint density at radius 2 is 1.79 bits per heavy atom. The van der Waals surface area contributed by atoms with E-state index >= 15 is 0 Å². The van der Waals surface area contributed by atoms with E-state index in [9.17, 15) is 8.42 Å². The molecule has 0 amide bonds. The average molecular weight is 466 g/mol. The summed E-state index contributed by atoms with van der Waals surface area (Å²) in [4.78, 5) is 7.05. The molecule has 0 aliphatic carbocycles. The first-order chi connectivity index (χ1) is 14.0. The fourth-order valence-corrected chi connectivity index (χ4v) is 9.05. The van der Waals surface area contributed by atoms with Gasteiger partial charge in [-0.15, -0.1) is 11.8 Å². The van der Waals surface area contributed by atoms with E-state index in [1.807, 2.05) is 24.3 Å². The van der Waals surface area contributed by atoms with Crippen molar-refractivity contribution in [2.75, 3.05) is 30.3 Å². The summed E-state index contributed by atoms with van der Waals surface area (Å²) in [6.45, 7) is 2.16. The molecule has 152 valence electrons. The Labute approximate surface area is 183 Å². The lowest BCUT2D eigenvalue weighted by Gasteiger charge is -2.43. The largest absolute Gasteiger partial charge is 0.348 e. The third kappa shape index (κ3) is 3.45. The molecule has 1 spiro atoms. The van der Waals surface area contributed by atoms with Crippen LogP contribution in [0, 0.1) is 0 Å². The van der Waals surface area contributed by atoms with Crippen LogP contribution in [0.15, 0.2) is 53.4 Å². The van der Waals surface area contributed by atoms with Crippen molar-refractivity contribution in [2.45, 2.75) is 22.6 Å². The minimum atomic E-state index is -3.49. The van der Waals surface area contributed by atoms with Gasteiger partial charge in [-0.2, -0.15) is 4.31 Å². The van der Waals surface area contributed by atoms with Crippen molar-refractivity contribution in [2.24, 2.45) is 0 Å². The second-order valence-corrected chi connectivity index (χ2v) is 12.0. The zero-order valence-corrected chi connectivity index (χ0v) is 18.8. The molecule has 0 radical (unpaired) electrons. The minimum Gasteiger partial charge on any atom is -0.348 e. The summed E-state index contributed by atoms with van der Waals surface area (Å²) in [5.41, 5.74) is 0.957. The third-order valence-electron chi connectivity index (χ3n) is 5.61. The highest BCUT2D eigenvalue weighted by molar-refractivity contribution is 8.02. The first-order valence-electron chi connectivity index (χ1n) is 9.51. The molecule has 0 atom stereocenters. The lowest BCUT2D eigenvalue weighted by atomic mass is 10.0. The molecular formula is C20H20ClN3O2S3.